The van der Waals surface area contributed by atoms with Crippen LogP contribution in [-0.4, -0.2) is 20.5 Å². The average Bonchev–Trinajstić information content (AvgIpc) is 3.09. The van der Waals surface area contributed by atoms with Crippen LogP contribution in [-0.2, 0) is 11.2 Å². The van der Waals surface area contributed by atoms with Crippen molar-refractivity contribution in [2.45, 2.75) is 12.8 Å². The highest BCUT2D eigenvalue weighted by atomic mass is 32.1. The quantitative estimate of drug-likeness (QED) is 0.786. The Labute approximate surface area is 132 Å². The molecule has 2 heterocycles. The maximum Gasteiger partial charge on any atom is 0.224 e. The molecule has 0 atom stereocenters. The van der Waals surface area contributed by atoms with E-state index < -0.39 is 0 Å². The summed E-state index contributed by atoms with van der Waals surface area (Å²) in [6.07, 6.45) is 4.51. The molecule has 3 aromatic rings. The lowest BCUT2D eigenvalue weighted by Crippen LogP contribution is -2.12. The molecule has 110 valence electrons. The number of nitrogens with zero attached hydrogens (tertiary/aromatic N) is 3. The molecule has 0 saturated carbocycles. The summed E-state index contributed by atoms with van der Waals surface area (Å²) in [5.41, 5.74) is 2.75. The second kappa shape index (κ2) is 6.91. The van der Waals surface area contributed by atoms with Crippen LogP contribution in [0.3, 0.4) is 0 Å². The Bertz CT molecular complexity index is 727. The van der Waals surface area contributed by atoms with Gasteiger partial charge in [0.05, 0.1) is 11.1 Å². The average molecular weight is 310 g/mol. The maximum absolute atomic E-state index is 11.9. The smallest absolute Gasteiger partial charge is 0.224 e. The Kier molecular flexibility index (Phi) is 4.50. The van der Waals surface area contributed by atoms with E-state index >= 15 is 0 Å². The van der Waals surface area contributed by atoms with Gasteiger partial charge >= 0.3 is 0 Å². The predicted octanol–water partition coefficient (Wildman–Crippen LogP) is 3.17. The highest BCUT2D eigenvalue weighted by Gasteiger charge is 2.05. The SMILES string of the molecule is O=C(CCc1ccccn1)Nc1ccc(-c2cnns2)cc1. The number of amides is 1. The minimum atomic E-state index is -0.0159. The first kappa shape index (κ1) is 14.3. The van der Waals surface area contributed by atoms with Crippen molar-refractivity contribution < 1.29 is 4.79 Å². The van der Waals surface area contributed by atoms with E-state index in [1.807, 2.05) is 42.5 Å². The third-order valence-corrected chi connectivity index (χ3v) is 3.86. The zero-order valence-electron chi connectivity index (χ0n) is 11.8. The number of aryl methyl sites for hydroxylation is 1. The van der Waals surface area contributed by atoms with Crippen LogP contribution >= 0.6 is 11.5 Å². The van der Waals surface area contributed by atoms with Gasteiger partial charge in [-0.1, -0.05) is 22.7 Å². The molecule has 6 heteroatoms. The van der Waals surface area contributed by atoms with Crippen LogP contribution < -0.4 is 5.32 Å². The minimum Gasteiger partial charge on any atom is -0.326 e. The Morgan fingerprint density at radius 2 is 2.00 bits per heavy atom. The molecule has 1 amide bonds. The second-order valence-corrected chi connectivity index (χ2v) is 5.51. The first-order valence-corrected chi connectivity index (χ1v) is 7.66. The van der Waals surface area contributed by atoms with Gasteiger partial charge < -0.3 is 5.32 Å². The van der Waals surface area contributed by atoms with Crippen LogP contribution in [0.5, 0.6) is 0 Å². The van der Waals surface area contributed by atoms with Crippen LogP contribution in [0.2, 0.25) is 0 Å². The molecule has 0 bridgehead atoms. The summed E-state index contributed by atoms with van der Waals surface area (Å²) in [5.74, 6) is -0.0159. The molecular weight excluding hydrogens is 296 g/mol. The molecule has 1 N–H and O–H groups in total. The first-order valence-electron chi connectivity index (χ1n) is 6.89. The van der Waals surface area contributed by atoms with Crippen molar-refractivity contribution in [3.63, 3.8) is 0 Å². The summed E-state index contributed by atoms with van der Waals surface area (Å²) in [5, 5.41) is 6.71. The highest BCUT2D eigenvalue weighted by molar-refractivity contribution is 7.09. The van der Waals surface area contributed by atoms with Crippen LogP contribution in [0.4, 0.5) is 5.69 Å². The molecule has 0 fully saturated rings. The molecule has 3 rings (SSSR count). The van der Waals surface area contributed by atoms with Gasteiger partial charge in [-0.25, -0.2) is 0 Å². The van der Waals surface area contributed by atoms with Crippen LogP contribution in [0.1, 0.15) is 12.1 Å². The lowest BCUT2D eigenvalue weighted by Gasteiger charge is -2.06. The highest BCUT2D eigenvalue weighted by Crippen LogP contribution is 2.23. The molecule has 5 nitrogen and oxygen atoms in total. The number of hydrogen-bond donors (Lipinski definition) is 1. The number of pyridine rings is 1. The van der Waals surface area contributed by atoms with E-state index in [0.29, 0.717) is 12.8 Å². The van der Waals surface area contributed by atoms with Crippen LogP contribution in [0.15, 0.2) is 54.9 Å². The van der Waals surface area contributed by atoms with Crippen molar-refractivity contribution >= 4 is 23.1 Å². The summed E-state index contributed by atoms with van der Waals surface area (Å²) in [6.45, 7) is 0. The van der Waals surface area contributed by atoms with Crippen molar-refractivity contribution in [3.8, 4) is 10.4 Å². The minimum absolute atomic E-state index is 0.0159. The van der Waals surface area contributed by atoms with Crippen molar-refractivity contribution in [1.82, 2.24) is 14.6 Å². The second-order valence-electron chi connectivity index (χ2n) is 4.73. The Morgan fingerprint density at radius 3 is 2.68 bits per heavy atom. The number of carbonyl (C=O) groups excluding carboxylic acids is 1. The standard InChI is InChI=1S/C16H14N4OS/c21-16(9-8-13-3-1-2-10-17-13)19-14-6-4-12(5-7-14)15-11-18-20-22-15/h1-7,10-11H,8-9H2,(H,19,21). The van der Waals surface area contributed by atoms with Crippen LogP contribution in [0, 0.1) is 0 Å². The van der Waals surface area contributed by atoms with Gasteiger partial charge in [-0.05, 0) is 47.8 Å². The van der Waals surface area contributed by atoms with E-state index in [4.69, 9.17) is 0 Å². The zero-order valence-corrected chi connectivity index (χ0v) is 12.6. The van der Waals surface area contributed by atoms with E-state index in [9.17, 15) is 4.79 Å². The van der Waals surface area contributed by atoms with Crippen molar-refractivity contribution in [2.24, 2.45) is 0 Å². The largest absolute Gasteiger partial charge is 0.326 e. The lowest BCUT2D eigenvalue weighted by atomic mass is 10.1. The van der Waals surface area contributed by atoms with Gasteiger partial charge in [-0.15, -0.1) is 5.10 Å². The van der Waals surface area contributed by atoms with Gasteiger partial charge in [-0.2, -0.15) is 0 Å². The molecule has 0 aliphatic rings. The number of rotatable bonds is 5. The van der Waals surface area contributed by atoms with E-state index in [-0.39, 0.29) is 5.91 Å². The van der Waals surface area contributed by atoms with Crippen molar-refractivity contribution in [1.29, 1.82) is 0 Å². The summed E-state index contributed by atoms with van der Waals surface area (Å²) >= 11 is 1.35. The summed E-state index contributed by atoms with van der Waals surface area (Å²) in [6, 6.07) is 13.4. The fraction of sp³-hybridized carbons (Fsp3) is 0.125. The van der Waals surface area contributed by atoms with Crippen molar-refractivity contribution in [2.75, 3.05) is 5.32 Å². The van der Waals surface area contributed by atoms with E-state index in [2.05, 4.69) is 19.9 Å². The lowest BCUT2D eigenvalue weighted by molar-refractivity contribution is -0.116. The molecule has 1 aromatic carbocycles. The number of hydrogen-bond acceptors (Lipinski definition) is 5. The van der Waals surface area contributed by atoms with Gasteiger partial charge in [0.25, 0.3) is 0 Å². The molecule has 0 aliphatic carbocycles. The maximum atomic E-state index is 11.9. The fourth-order valence-electron chi connectivity index (χ4n) is 2.02. The third-order valence-electron chi connectivity index (χ3n) is 3.15. The zero-order chi connectivity index (χ0) is 15.2. The number of benzene rings is 1. The number of aromatic nitrogens is 3. The molecule has 2 aromatic heterocycles. The Hall–Kier alpha value is -2.60. The molecule has 0 saturated heterocycles. The summed E-state index contributed by atoms with van der Waals surface area (Å²) in [4.78, 5) is 17.2. The molecule has 22 heavy (non-hydrogen) atoms. The molecule has 0 unspecified atom stereocenters. The van der Waals surface area contributed by atoms with E-state index in [1.165, 1.54) is 11.5 Å². The fourth-order valence-corrected chi connectivity index (χ4v) is 2.54. The molecule has 0 aliphatic heterocycles. The van der Waals surface area contributed by atoms with Gasteiger partial charge in [0.1, 0.15) is 0 Å². The predicted molar refractivity (Wildman–Crippen MR) is 86.5 cm³/mol. The summed E-state index contributed by atoms with van der Waals surface area (Å²) in [7, 11) is 0. The normalized spacial score (nSPS) is 10.4. The topological polar surface area (TPSA) is 67.8 Å². The Morgan fingerprint density at radius 1 is 1.14 bits per heavy atom. The monoisotopic (exact) mass is 310 g/mol. The molecule has 0 radical (unpaired) electrons. The first-order chi connectivity index (χ1) is 10.8. The number of nitrogens with one attached hydrogen (secondary N) is 1. The van der Waals surface area contributed by atoms with Crippen molar-refractivity contribution in [3.05, 3.63) is 60.6 Å². The van der Waals surface area contributed by atoms with Gasteiger partial charge in [0.15, 0.2) is 0 Å². The Balaban J connectivity index is 1.55. The molecule has 0 spiro atoms. The third kappa shape index (κ3) is 3.73. The van der Waals surface area contributed by atoms with E-state index in [0.717, 1.165) is 21.8 Å². The molecular formula is C16H14N4OS. The summed E-state index contributed by atoms with van der Waals surface area (Å²) < 4.78 is 3.84. The van der Waals surface area contributed by atoms with Gasteiger partial charge in [0.2, 0.25) is 5.91 Å². The van der Waals surface area contributed by atoms with Gasteiger partial charge in [0, 0.05) is 24.0 Å². The number of carbonyl (C=O) groups is 1. The number of anilines is 1. The van der Waals surface area contributed by atoms with Crippen LogP contribution in [0.25, 0.3) is 10.4 Å². The van der Waals surface area contributed by atoms with Gasteiger partial charge in [-0.3, -0.25) is 9.78 Å². The van der Waals surface area contributed by atoms with E-state index in [1.54, 1.807) is 12.4 Å².